The van der Waals surface area contributed by atoms with E-state index in [1.165, 1.54) is 0 Å². The molecule has 0 unspecified atom stereocenters. The van der Waals surface area contributed by atoms with Crippen molar-refractivity contribution in [3.63, 3.8) is 0 Å². The van der Waals surface area contributed by atoms with Gasteiger partial charge in [0.2, 0.25) is 5.91 Å². The van der Waals surface area contributed by atoms with E-state index in [9.17, 15) is 24.1 Å². The highest BCUT2D eigenvalue weighted by Gasteiger charge is 2.13. The van der Waals surface area contributed by atoms with Gasteiger partial charge < -0.3 is 15.4 Å². The molecular formula is C14H16FN3O5S. The number of benzene rings is 1. The number of non-ortho nitro benzene ring substituents is 1. The average Bonchev–Trinajstić information content (AvgIpc) is 2.52. The lowest BCUT2D eigenvalue weighted by Crippen LogP contribution is -2.34. The minimum Gasteiger partial charge on any atom is -0.466 e. The highest BCUT2D eigenvalue weighted by molar-refractivity contribution is 7.80. The second kappa shape index (κ2) is 9.50. The van der Waals surface area contributed by atoms with Crippen LogP contribution in [0.1, 0.15) is 26.2 Å². The van der Waals surface area contributed by atoms with E-state index < -0.39 is 22.6 Å². The highest BCUT2D eigenvalue weighted by Crippen LogP contribution is 2.21. The number of nitrogens with one attached hydrogen (secondary N) is 2. The Hall–Kier alpha value is -2.62. The van der Waals surface area contributed by atoms with Gasteiger partial charge in [0, 0.05) is 18.6 Å². The van der Waals surface area contributed by atoms with Gasteiger partial charge in [0.25, 0.3) is 5.69 Å². The molecule has 2 N–H and O–H groups in total. The summed E-state index contributed by atoms with van der Waals surface area (Å²) in [5, 5.41) is 15.0. The van der Waals surface area contributed by atoms with Gasteiger partial charge in [-0.2, -0.15) is 0 Å². The summed E-state index contributed by atoms with van der Waals surface area (Å²) in [6.45, 7) is 2.13. The number of rotatable bonds is 7. The third kappa shape index (κ3) is 6.65. The number of nitro groups is 1. The molecule has 0 saturated carbocycles. The fraction of sp³-hybridized carbons (Fsp3) is 0.357. The minimum absolute atomic E-state index is 0.111. The molecule has 10 heteroatoms. The first-order chi connectivity index (χ1) is 11.3. The molecule has 0 aliphatic carbocycles. The predicted octanol–water partition coefficient (Wildman–Crippen LogP) is 2.28. The number of amides is 1. The summed E-state index contributed by atoms with van der Waals surface area (Å²) < 4.78 is 18.4. The number of nitro benzene ring substituents is 1. The van der Waals surface area contributed by atoms with Crippen molar-refractivity contribution in [2.75, 3.05) is 11.9 Å². The molecular weight excluding hydrogens is 341 g/mol. The van der Waals surface area contributed by atoms with Crippen LogP contribution in [-0.4, -0.2) is 28.5 Å². The molecule has 8 nitrogen and oxygen atoms in total. The molecule has 0 aromatic heterocycles. The van der Waals surface area contributed by atoms with Gasteiger partial charge in [0.15, 0.2) is 5.11 Å². The third-order valence-corrected chi connectivity index (χ3v) is 2.89. The lowest BCUT2D eigenvalue weighted by Gasteiger charge is -2.10. The largest absolute Gasteiger partial charge is 0.466 e. The summed E-state index contributed by atoms with van der Waals surface area (Å²) in [7, 11) is 0. The standard InChI is InChI=1S/C14H16FN3O5S/c1-2-7-23-13(20)6-5-12(19)17-14(24)16-11-8-9(18(21)22)3-4-10(11)15/h3-4,8H,2,5-7H2,1H3,(H2,16,17,19,24). The zero-order chi connectivity index (χ0) is 18.1. The van der Waals surface area contributed by atoms with Gasteiger partial charge in [-0.05, 0) is 24.7 Å². The smallest absolute Gasteiger partial charge is 0.306 e. The molecule has 0 fully saturated rings. The molecule has 1 aromatic rings. The van der Waals surface area contributed by atoms with E-state index in [2.05, 4.69) is 10.6 Å². The Morgan fingerprint density at radius 3 is 2.71 bits per heavy atom. The number of halogens is 1. The molecule has 0 saturated heterocycles. The molecule has 0 heterocycles. The Balaban J connectivity index is 2.51. The van der Waals surface area contributed by atoms with Crippen LogP contribution in [0.4, 0.5) is 15.8 Å². The number of nitrogens with zero attached hydrogens (tertiary/aromatic N) is 1. The van der Waals surface area contributed by atoms with Gasteiger partial charge in [-0.1, -0.05) is 6.92 Å². The third-order valence-electron chi connectivity index (χ3n) is 2.69. The molecule has 0 atom stereocenters. The maximum absolute atomic E-state index is 13.6. The van der Waals surface area contributed by atoms with Crippen LogP contribution in [0, 0.1) is 15.9 Å². The predicted molar refractivity (Wildman–Crippen MR) is 87.9 cm³/mol. The molecule has 130 valence electrons. The monoisotopic (exact) mass is 357 g/mol. The van der Waals surface area contributed by atoms with Crippen LogP contribution in [0.3, 0.4) is 0 Å². The fourth-order valence-corrected chi connectivity index (χ4v) is 1.79. The van der Waals surface area contributed by atoms with Crippen molar-refractivity contribution in [3.8, 4) is 0 Å². The van der Waals surface area contributed by atoms with Crippen LogP contribution in [0.2, 0.25) is 0 Å². The molecule has 0 spiro atoms. The number of anilines is 1. The first-order valence-electron chi connectivity index (χ1n) is 7.04. The molecule has 0 bridgehead atoms. The lowest BCUT2D eigenvalue weighted by molar-refractivity contribution is -0.384. The molecule has 1 rings (SSSR count). The second-order valence-electron chi connectivity index (χ2n) is 4.64. The van der Waals surface area contributed by atoms with Crippen LogP contribution < -0.4 is 10.6 Å². The van der Waals surface area contributed by atoms with E-state index in [-0.39, 0.29) is 35.9 Å². The van der Waals surface area contributed by atoms with E-state index in [4.69, 9.17) is 17.0 Å². The van der Waals surface area contributed by atoms with Gasteiger partial charge in [-0.25, -0.2) is 4.39 Å². The Kier molecular flexibility index (Phi) is 7.69. The van der Waals surface area contributed by atoms with Crippen LogP contribution in [-0.2, 0) is 14.3 Å². The number of ether oxygens (including phenoxy) is 1. The van der Waals surface area contributed by atoms with Crippen molar-refractivity contribution in [2.24, 2.45) is 0 Å². The van der Waals surface area contributed by atoms with E-state index in [1.54, 1.807) is 0 Å². The van der Waals surface area contributed by atoms with Gasteiger partial charge in [0.1, 0.15) is 5.82 Å². The Bertz CT molecular complexity index is 653. The number of hydrogen-bond donors (Lipinski definition) is 2. The molecule has 1 amide bonds. The van der Waals surface area contributed by atoms with E-state index >= 15 is 0 Å². The van der Waals surface area contributed by atoms with Crippen molar-refractivity contribution < 1.29 is 23.6 Å². The van der Waals surface area contributed by atoms with Crippen LogP contribution in [0.15, 0.2) is 18.2 Å². The Labute approximate surface area is 142 Å². The van der Waals surface area contributed by atoms with Gasteiger partial charge in [0.05, 0.1) is 23.6 Å². The maximum atomic E-state index is 13.6. The number of carbonyl (C=O) groups is 2. The van der Waals surface area contributed by atoms with Gasteiger partial charge >= 0.3 is 5.97 Å². The zero-order valence-corrected chi connectivity index (χ0v) is 13.7. The molecule has 0 radical (unpaired) electrons. The van der Waals surface area contributed by atoms with E-state index in [0.717, 1.165) is 18.2 Å². The Morgan fingerprint density at radius 1 is 1.38 bits per heavy atom. The number of esters is 1. The van der Waals surface area contributed by atoms with Gasteiger partial charge in [-0.15, -0.1) is 0 Å². The van der Waals surface area contributed by atoms with Crippen molar-refractivity contribution >= 4 is 40.6 Å². The summed E-state index contributed by atoms with van der Waals surface area (Å²) >= 11 is 4.83. The molecule has 1 aromatic carbocycles. The fourth-order valence-electron chi connectivity index (χ4n) is 1.57. The van der Waals surface area contributed by atoms with Crippen molar-refractivity contribution in [1.29, 1.82) is 0 Å². The van der Waals surface area contributed by atoms with Crippen LogP contribution >= 0.6 is 12.2 Å². The summed E-state index contributed by atoms with van der Waals surface area (Å²) in [6, 6.07) is 2.87. The highest BCUT2D eigenvalue weighted by atomic mass is 32.1. The van der Waals surface area contributed by atoms with E-state index in [0.29, 0.717) is 6.42 Å². The maximum Gasteiger partial charge on any atom is 0.306 e. The topological polar surface area (TPSA) is 111 Å². The van der Waals surface area contributed by atoms with E-state index in [1.807, 2.05) is 6.92 Å². The zero-order valence-electron chi connectivity index (χ0n) is 12.8. The van der Waals surface area contributed by atoms with Crippen molar-refractivity contribution in [3.05, 3.63) is 34.1 Å². The quantitative estimate of drug-likeness (QED) is 0.333. The lowest BCUT2D eigenvalue weighted by atomic mass is 10.2. The molecule has 0 aliphatic heterocycles. The Morgan fingerprint density at radius 2 is 2.08 bits per heavy atom. The van der Waals surface area contributed by atoms with Crippen LogP contribution in [0.5, 0.6) is 0 Å². The number of carbonyl (C=O) groups excluding carboxylic acids is 2. The minimum atomic E-state index is -0.764. The van der Waals surface area contributed by atoms with Crippen LogP contribution in [0.25, 0.3) is 0 Å². The summed E-state index contributed by atoms with van der Waals surface area (Å²) in [5.41, 5.74) is -0.566. The van der Waals surface area contributed by atoms with Gasteiger partial charge in [-0.3, -0.25) is 19.7 Å². The number of thiocarbonyl (C=S) groups is 1. The summed E-state index contributed by atoms with van der Waals surface area (Å²) in [4.78, 5) is 32.9. The second-order valence-corrected chi connectivity index (χ2v) is 5.05. The molecule has 0 aliphatic rings. The molecule has 24 heavy (non-hydrogen) atoms. The number of hydrogen-bond acceptors (Lipinski definition) is 6. The normalized spacial score (nSPS) is 9.92. The summed E-state index contributed by atoms with van der Waals surface area (Å²) in [5.74, 6) is -1.83. The SMILES string of the molecule is CCCOC(=O)CCC(=O)NC(=S)Nc1cc([N+](=O)[O-])ccc1F. The van der Waals surface area contributed by atoms with Crippen molar-refractivity contribution in [2.45, 2.75) is 26.2 Å². The first kappa shape index (κ1) is 19.4. The van der Waals surface area contributed by atoms with Crippen molar-refractivity contribution in [1.82, 2.24) is 5.32 Å². The first-order valence-corrected chi connectivity index (χ1v) is 7.44. The average molecular weight is 357 g/mol. The summed E-state index contributed by atoms with van der Waals surface area (Å²) in [6.07, 6.45) is 0.419.